The van der Waals surface area contributed by atoms with Gasteiger partial charge in [0.2, 0.25) is 0 Å². The second-order valence-corrected chi connectivity index (χ2v) is 4.72. The van der Waals surface area contributed by atoms with Crippen LogP contribution >= 0.6 is 0 Å². The number of hydrogen-bond acceptors (Lipinski definition) is 3. The Morgan fingerprint density at radius 2 is 2.06 bits per heavy atom. The van der Waals surface area contributed by atoms with Crippen LogP contribution in [0.15, 0.2) is 18.3 Å². The first-order valence-electron chi connectivity index (χ1n) is 6.03. The Bertz CT molecular complexity index is 315. The van der Waals surface area contributed by atoms with E-state index in [1.165, 1.54) is 5.56 Å². The maximum atomic E-state index is 5.33. The van der Waals surface area contributed by atoms with Crippen molar-refractivity contribution in [2.45, 2.75) is 20.3 Å². The van der Waals surface area contributed by atoms with Gasteiger partial charge in [0.15, 0.2) is 0 Å². The SMILES string of the molecule is CC(C)Cc1ccc(N2CCOCC2)nc1. The summed E-state index contributed by atoms with van der Waals surface area (Å²) in [5.41, 5.74) is 1.33. The Kier molecular flexibility index (Phi) is 3.78. The molecule has 0 spiro atoms. The molecule has 3 heteroatoms. The number of anilines is 1. The van der Waals surface area contributed by atoms with Gasteiger partial charge in [0.25, 0.3) is 0 Å². The molecule has 0 amide bonds. The Balaban J connectivity index is 2.00. The summed E-state index contributed by atoms with van der Waals surface area (Å²) in [5, 5.41) is 0. The van der Waals surface area contributed by atoms with E-state index in [0.29, 0.717) is 5.92 Å². The Morgan fingerprint density at radius 1 is 1.31 bits per heavy atom. The molecular formula is C13H20N2O. The van der Waals surface area contributed by atoms with Crippen LogP contribution in [0.25, 0.3) is 0 Å². The summed E-state index contributed by atoms with van der Waals surface area (Å²) in [6.07, 6.45) is 3.11. The minimum Gasteiger partial charge on any atom is -0.378 e. The van der Waals surface area contributed by atoms with E-state index in [-0.39, 0.29) is 0 Å². The molecule has 2 rings (SSSR count). The predicted molar refractivity (Wildman–Crippen MR) is 65.8 cm³/mol. The van der Waals surface area contributed by atoms with Gasteiger partial charge in [-0.1, -0.05) is 19.9 Å². The van der Waals surface area contributed by atoms with Crippen LogP contribution in [0.3, 0.4) is 0 Å². The fourth-order valence-corrected chi connectivity index (χ4v) is 1.99. The zero-order valence-corrected chi connectivity index (χ0v) is 10.1. The van der Waals surface area contributed by atoms with Crippen LogP contribution in [0.2, 0.25) is 0 Å². The molecule has 0 aromatic carbocycles. The molecule has 2 heterocycles. The molecule has 1 saturated heterocycles. The van der Waals surface area contributed by atoms with E-state index in [2.05, 4.69) is 35.9 Å². The minimum absolute atomic E-state index is 0.691. The number of pyridine rings is 1. The largest absolute Gasteiger partial charge is 0.378 e. The van der Waals surface area contributed by atoms with Crippen LogP contribution in [0, 0.1) is 5.92 Å². The van der Waals surface area contributed by atoms with Gasteiger partial charge in [-0.25, -0.2) is 4.98 Å². The molecule has 0 bridgehead atoms. The summed E-state index contributed by atoms with van der Waals surface area (Å²) in [6, 6.07) is 4.32. The van der Waals surface area contributed by atoms with Crippen LogP contribution in [0.5, 0.6) is 0 Å². The topological polar surface area (TPSA) is 25.4 Å². The number of aromatic nitrogens is 1. The average Bonchev–Trinajstić information content (AvgIpc) is 2.30. The van der Waals surface area contributed by atoms with Gasteiger partial charge in [0.1, 0.15) is 5.82 Å². The molecule has 0 atom stereocenters. The lowest BCUT2D eigenvalue weighted by molar-refractivity contribution is 0.122. The van der Waals surface area contributed by atoms with Crippen molar-refractivity contribution in [1.29, 1.82) is 0 Å². The van der Waals surface area contributed by atoms with Gasteiger partial charge >= 0.3 is 0 Å². The molecular weight excluding hydrogens is 200 g/mol. The molecule has 0 unspecified atom stereocenters. The standard InChI is InChI=1S/C13H20N2O/c1-11(2)9-12-3-4-13(14-10-12)15-5-7-16-8-6-15/h3-4,10-11H,5-9H2,1-2H3. The van der Waals surface area contributed by atoms with Gasteiger partial charge in [0, 0.05) is 19.3 Å². The second-order valence-electron chi connectivity index (χ2n) is 4.72. The van der Waals surface area contributed by atoms with Gasteiger partial charge in [-0.05, 0) is 24.0 Å². The highest BCUT2D eigenvalue weighted by molar-refractivity contribution is 5.39. The van der Waals surface area contributed by atoms with Gasteiger partial charge < -0.3 is 9.64 Å². The molecule has 0 radical (unpaired) electrons. The number of ether oxygens (including phenoxy) is 1. The highest BCUT2D eigenvalue weighted by Crippen LogP contribution is 2.14. The Morgan fingerprint density at radius 3 is 2.62 bits per heavy atom. The molecule has 1 aliphatic heterocycles. The molecule has 0 aliphatic carbocycles. The summed E-state index contributed by atoms with van der Waals surface area (Å²) < 4.78 is 5.33. The molecule has 1 aliphatic rings. The van der Waals surface area contributed by atoms with Crippen molar-refractivity contribution in [3.8, 4) is 0 Å². The van der Waals surface area contributed by atoms with Gasteiger partial charge in [-0.2, -0.15) is 0 Å². The van der Waals surface area contributed by atoms with E-state index in [1.54, 1.807) is 0 Å². The quantitative estimate of drug-likeness (QED) is 0.780. The van der Waals surface area contributed by atoms with Crippen molar-refractivity contribution >= 4 is 5.82 Å². The van der Waals surface area contributed by atoms with E-state index in [1.807, 2.05) is 6.20 Å². The lowest BCUT2D eigenvalue weighted by Gasteiger charge is -2.27. The monoisotopic (exact) mass is 220 g/mol. The van der Waals surface area contributed by atoms with Crippen LogP contribution in [0.4, 0.5) is 5.82 Å². The molecule has 16 heavy (non-hydrogen) atoms. The third-order valence-electron chi connectivity index (χ3n) is 2.79. The summed E-state index contributed by atoms with van der Waals surface area (Å²) in [7, 11) is 0. The normalized spacial score (nSPS) is 16.8. The van der Waals surface area contributed by atoms with Crippen molar-refractivity contribution in [3.05, 3.63) is 23.9 Å². The Hall–Kier alpha value is -1.09. The van der Waals surface area contributed by atoms with Crippen molar-refractivity contribution in [1.82, 2.24) is 4.98 Å². The first kappa shape index (κ1) is 11.4. The van der Waals surface area contributed by atoms with E-state index in [9.17, 15) is 0 Å². The fraction of sp³-hybridized carbons (Fsp3) is 0.615. The molecule has 3 nitrogen and oxygen atoms in total. The summed E-state index contributed by atoms with van der Waals surface area (Å²) >= 11 is 0. The molecule has 0 saturated carbocycles. The average molecular weight is 220 g/mol. The van der Waals surface area contributed by atoms with E-state index in [4.69, 9.17) is 4.74 Å². The third kappa shape index (κ3) is 2.95. The second kappa shape index (κ2) is 5.30. The summed E-state index contributed by atoms with van der Waals surface area (Å²) in [5.74, 6) is 1.77. The number of rotatable bonds is 3. The molecule has 1 fully saturated rings. The Labute approximate surface area is 97.4 Å². The van der Waals surface area contributed by atoms with Gasteiger partial charge in [-0.3, -0.25) is 0 Å². The van der Waals surface area contributed by atoms with E-state index >= 15 is 0 Å². The van der Waals surface area contributed by atoms with Crippen LogP contribution in [0.1, 0.15) is 19.4 Å². The third-order valence-corrected chi connectivity index (χ3v) is 2.79. The predicted octanol–water partition coefficient (Wildman–Crippen LogP) is 2.12. The summed E-state index contributed by atoms with van der Waals surface area (Å²) in [4.78, 5) is 6.81. The molecule has 0 N–H and O–H groups in total. The number of morpholine rings is 1. The maximum absolute atomic E-state index is 5.33. The highest BCUT2D eigenvalue weighted by atomic mass is 16.5. The zero-order valence-electron chi connectivity index (χ0n) is 10.1. The van der Waals surface area contributed by atoms with Crippen LogP contribution < -0.4 is 4.90 Å². The number of hydrogen-bond donors (Lipinski definition) is 0. The maximum Gasteiger partial charge on any atom is 0.128 e. The van der Waals surface area contributed by atoms with Gasteiger partial charge in [0.05, 0.1) is 13.2 Å². The first-order valence-corrected chi connectivity index (χ1v) is 6.03. The van der Waals surface area contributed by atoms with E-state index in [0.717, 1.165) is 38.5 Å². The molecule has 1 aromatic rings. The highest BCUT2D eigenvalue weighted by Gasteiger charge is 2.11. The van der Waals surface area contributed by atoms with Crippen LogP contribution in [-0.4, -0.2) is 31.3 Å². The molecule has 88 valence electrons. The first-order chi connectivity index (χ1) is 7.75. The van der Waals surface area contributed by atoms with Crippen molar-refractivity contribution in [2.75, 3.05) is 31.2 Å². The van der Waals surface area contributed by atoms with Gasteiger partial charge in [-0.15, -0.1) is 0 Å². The number of nitrogens with zero attached hydrogens (tertiary/aromatic N) is 2. The fourth-order valence-electron chi connectivity index (χ4n) is 1.99. The lowest BCUT2D eigenvalue weighted by atomic mass is 10.1. The van der Waals surface area contributed by atoms with Crippen molar-refractivity contribution < 1.29 is 4.74 Å². The van der Waals surface area contributed by atoms with Crippen molar-refractivity contribution in [2.24, 2.45) is 5.92 Å². The molecule has 1 aromatic heterocycles. The smallest absolute Gasteiger partial charge is 0.128 e. The van der Waals surface area contributed by atoms with Crippen molar-refractivity contribution in [3.63, 3.8) is 0 Å². The lowest BCUT2D eigenvalue weighted by Crippen LogP contribution is -2.36. The zero-order chi connectivity index (χ0) is 11.4. The van der Waals surface area contributed by atoms with Crippen LogP contribution in [-0.2, 0) is 11.2 Å². The summed E-state index contributed by atoms with van der Waals surface area (Å²) in [6.45, 7) is 8.00. The van der Waals surface area contributed by atoms with E-state index < -0.39 is 0 Å². The minimum atomic E-state index is 0.691.